The molecule has 0 aromatic heterocycles. The number of esters is 1. The molecule has 0 unspecified atom stereocenters. The second-order valence-corrected chi connectivity index (χ2v) is 4.93. The first-order chi connectivity index (χ1) is 10.2. The predicted molar refractivity (Wildman–Crippen MR) is 81.2 cm³/mol. The van der Waals surface area contributed by atoms with E-state index >= 15 is 0 Å². The van der Waals surface area contributed by atoms with E-state index in [2.05, 4.69) is 6.92 Å². The number of carbonyl (C=O) groups excluding carboxylic acids is 1. The minimum absolute atomic E-state index is 0.153. The Bertz CT molecular complexity index is 299. The first-order valence-electron chi connectivity index (χ1n) is 7.82. The zero-order valence-corrected chi connectivity index (χ0v) is 13.0. The summed E-state index contributed by atoms with van der Waals surface area (Å²) in [4.78, 5) is 21.2. The first kappa shape index (κ1) is 19.6. The molecule has 5 nitrogen and oxygen atoms in total. The van der Waals surface area contributed by atoms with Gasteiger partial charge in [0.15, 0.2) is 0 Å². The number of hydrogen-bond acceptors (Lipinski definition) is 4. The van der Waals surface area contributed by atoms with Crippen molar-refractivity contribution in [2.24, 2.45) is 0 Å². The van der Waals surface area contributed by atoms with Crippen LogP contribution in [0.4, 0.5) is 0 Å². The number of rotatable bonds is 14. The third-order valence-electron chi connectivity index (χ3n) is 2.98. The third kappa shape index (κ3) is 16.6. The molecule has 5 heteroatoms. The largest absolute Gasteiger partial charge is 0.478 e. The highest BCUT2D eigenvalue weighted by Gasteiger charge is 1.98. The lowest BCUT2D eigenvalue weighted by atomic mass is 10.1. The average Bonchev–Trinajstić information content (AvgIpc) is 2.46. The van der Waals surface area contributed by atoms with Crippen LogP contribution in [0.1, 0.15) is 58.3 Å². The molecule has 0 aromatic carbocycles. The molecule has 0 saturated carbocycles. The van der Waals surface area contributed by atoms with Gasteiger partial charge in [-0.3, -0.25) is 0 Å². The van der Waals surface area contributed by atoms with Gasteiger partial charge >= 0.3 is 11.9 Å². The van der Waals surface area contributed by atoms with Gasteiger partial charge in [0.1, 0.15) is 6.61 Å². The molecule has 122 valence electrons. The van der Waals surface area contributed by atoms with Gasteiger partial charge in [0.05, 0.1) is 6.61 Å². The van der Waals surface area contributed by atoms with Crippen molar-refractivity contribution in [3.63, 3.8) is 0 Å². The van der Waals surface area contributed by atoms with Crippen LogP contribution in [-0.2, 0) is 19.1 Å². The lowest BCUT2D eigenvalue weighted by molar-refractivity contribution is -0.140. The van der Waals surface area contributed by atoms with Crippen molar-refractivity contribution in [2.75, 3.05) is 19.8 Å². The Kier molecular flexibility index (Phi) is 14.1. The minimum Gasteiger partial charge on any atom is -0.478 e. The number of hydrogen-bond donors (Lipinski definition) is 1. The molecule has 0 aliphatic carbocycles. The van der Waals surface area contributed by atoms with Gasteiger partial charge in [0, 0.05) is 18.8 Å². The fourth-order valence-electron chi connectivity index (χ4n) is 1.83. The van der Waals surface area contributed by atoms with Crippen LogP contribution < -0.4 is 0 Å². The first-order valence-corrected chi connectivity index (χ1v) is 7.82. The van der Waals surface area contributed by atoms with Crippen molar-refractivity contribution in [1.29, 1.82) is 0 Å². The maximum absolute atomic E-state index is 11.0. The molecule has 0 spiro atoms. The fraction of sp³-hybridized carbons (Fsp3) is 0.750. The maximum atomic E-state index is 11.0. The van der Waals surface area contributed by atoms with Crippen LogP contribution in [-0.4, -0.2) is 36.9 Å². The summed E-state index contributed by atoms with van der Waals surface area (Å²) in [6.45, 7) is 3.40. The van der Waals surface area contributed by atoms with Crippen LogP contribution >= 0.6 is 0 Å². The number of ether oxygens (including phenoxy) is 2. The van der Waals surface area contributed by atoms with Crippen LogP contribution in [0, 0.1) is 0 Å². The molecule has 0 atom stereocenters. The van der Waals surface area contributed by atoms with Gasteiger partial charge in [-0.05, 0) is 6.42 Å². The second-order valence-electron chi connectivity index (χ2n) is 4.93. The number of carbonyl (C=O) groups is 2. The van der Waals surface area contributed by atoms with E-state index < -0.39 is 11.9 Å². The van der Waals surface area contributed by atoms with Gasteiger partial charge in [0.2, 0.25) is 0 Å². The quantitative estimate of drug-likeness (QED) is 0.302. The molecule has 0 aromatic rings. The second kappa shape index (κ2) is 15.0. The van der Waals surface area contributed by atoms with Crippen LogP contribution in [0.25, 0.3) is 0 Å². The molecule has 0 heterocycles. The van der Waals surface area contributed by atoms with Crippen molar-refractivity contribution in [3.8, 4) is 0 Å². The highest BCUT2D eigenvalue weighted by atomic mass is 16.6. The van der Waals surface area contributed by atoms with Crippen LogP contribution in [0.3, 0.4) is 0 Å². The summed E-state index contributed by atoms with van der Waals surface area (Å²) in [6.07, 6.45) is 11.7. The molecular formula is C16H28O5. The van der Waals surface area contributed by atoms with Crippen LogP contribution in [0.2, 0.25) is 0 Å². The Morgan fingerprint density at radius 2 is 1.48 bits per heavy atom. The van der Waals surface area contributed by atoms with Crippen molar-refractivity contribution in [2.45, 2.75) is 58.3 Å². The van der Waals surface area contributed by atoms with E-state index in [1.165, 1.54) is 44.9 Å². The number of carboxylic acids is 1. The third-order valence-corrected chi connectivity index (χ3v) is 2.98. The molecular weight excluding hydrogens is 272 g/mol. The van der Waals surface area contributed by atoms with Crippen LogP contribution in [0.5, 0.6) is 0 Å². The Hall–Kier alpha value is -1.36. The van der Waals surface area contributed by atoms with Crippen molar-refractivity contribution >= 4 is 11.9 Å². The fourth-order valence-corrected chi connectivity index (χ4v) is 1.83. The number of carboxylic acid groups (broad SMARTS) is 1. The molecule has 0 rings (SSSR count). The van der Waals surface area contributed by atoms with E-state index in [9.17, 15) is 9.59 Å². The summed E-state index contributed by atoms with van der Waals surface area (Å²) in [5.41, 5.74) is 0. The molecule has 0 saturated heterocycles. The standard InChI is InChI=1S/C16H28O5/c1-2-3-4-5-6-7-8-9-12-20-13-14-21-16(19)11-10-15(17)18/h10-11H,2-9,12-14H2,1H3,(H,17,18). The smallest absolute Gasteiger partial charge is 0.331 e. The zero-order chi connectivity index (χ0) is 15.8. The zero-order valence-electron chi connectivity index (χ0n) is 13.0. The molecule has 1 N–H and O–H groups in total. The highest BCUT2D eigenvalue weighted by Crippen LogP contribution is 2.08. The molecule has 0 fully saturated rings. The van der Waals surface area contributed by atoms with E-state index in [0.717, 1.165) is 18.6 Å². The lowest BCUT2D eigenvalue weighted by Gasteiger charge is -2.05. The Morgan fingerprint density at radius 1 is 0.857 bits per heavy atom. The normalized spacial score (nSPS) is 10.9. The van der Waals surface area contributed by atoms with E-state index in [0.29, 0.717) is 13.2 Å². The molecule has 0 amide bonds. The summed E-state index contributed by atoms with van der Waals surface area (Å²) in [6, 6.07) is 0. The van der Waals surface area contributed by atoms with Crippen molar-refractivity contribution < 1.29 is 24.2 Å². The molecule has 0 radical (unpaired) electrons. The molecule has 0 aliphatic rings. The van der Waals surface area contributed by atoms with Crippen molar-refractivity contribution in [1.82, 2.24) is 0 Å². The Labute approximate surface area is 127 Å². The van der Waals surface area contributed by atoms with E-state index in [-0.39, 0.29) is 6.61 Å². The highest BCUT2D eigenvalue weighted by molar-refractivity contribution is 5.90. The SMILES string of the molecule is CCCCCCCCCCOCCOC(=O)C=CC(=O)O. The summed E-state index contributed by atoms with van der Waals surface area (Å²) >= 11 is 0. The van der Waals surface area contributed by atoms with Gasteiger partial charge in [0.25, 0.3) is 0 Å². The van der Waals surface area contributed by atoms with E-state index in [4.69, 9.17) is 14.6 Å². The summed E-state index contributed by atoms with van der Waals surface area (Å²) < 4.78 is 10.1. The van der Waals surface area contributed by atoms with Gasteiger partial charge in [-0.25, -0.2) is 9.59 Å². The Balaban J connectivity index is 3.19. The summed E-state index contributed by atoms with van der Waals surface area (Å²) in [5, 5.41) is 8.32. The maximum Gasteiger partial charge on any atom is 0.331 e. The van der Waals surface area contributed by atoms with Crippen molar-refractivity contribution in [3.05, 3.63) is 12.2 Å². The molecule has 0 bridgehead atoms. The lowest BCUT2D eigenvalue weighted by Crippen LogP contribution is -2.09. The molecule has 21 heavy (non-hydrogen) atoms. The average molecular weight is 300 g/mol. The number of unbranched alkanes of at least 4 members (excludes halogenated alkanes) is 7. The topological polar surface area (TPSA) is 72.8 Å². The van der Waals surface area contributed by atoms with Gasteiger partial charge < -0.3 is 14.6 Å². The van der Waals surface area contributed by atoms with Crippen LogP contribution in [0.15, 0.2) is 12.2 Å². The summed E-state index contributed by atoms with van der Waals surface area (Å²) in [7, 11) is 0. The minimum atomic E-state index is -1.17. The summed E-state index contributed by atoms with van der Waals surface area (Å²) in [5.74, 6) is -1.83. The monoisotopic (exact) mass is 300 g/mol. The van der Waals surface area contributed by atoms with E-state index in [1.54, 1.807) is 0 Å². The number of aliphatic carboxylic acids is 1. The van der Waals surface area contributed by atoms with Gasteiger partial charge in [-0.1, -0.05) is 51.9 Å². The molecule has 0 aliphatic heterocycles. The van der Waals surface area contributed by atoms with Gasteiger partial charge in [-0.2, -0.15) is 0 Å². The Morgan fingerprint density at radius 3 is 2.10 bits per heavy atom. The predicted octanol–water partition coefficient (Wildman–Crippen LogP) is 3.33. The van der Waals surface area contributed by atoms with Gasteiger partial charge in [-0.15, -0.1) is 0 Å². The van der Waals surface area contributed by atoms with E-state index in [1.807, 2.05) is 0 Å².